The summed E-state index contributed by atoms with van der Waals surface area (Å²) in [5.41, 5.74) is 6.56. The lowest BCUT2D eigenvalue weighted by Crippen LogP contribution is -2.40. The highest BCUT2D eigenvalue weighted by atomic mass is 32.2. The Kier molecular flexibility index (Phi) is 5.92. The predicted octanol–water partition coefficient (Wildman–Crippen LogP) is 2.41. The number of carbonyl (C=O) groups is 1. The Hall–Kier alpha value is -2.25. The predicted molar refractivity (Wildman–Crippen MR) is 102 cm³/mol. The molecule has 3 rings (SSSR count). The number of piperidine rings is 1. The Bertz CT molecular complexity index is 888. The molecule has 1 aliphatic heterocycles. The quantitative estimate of drug-likeness (QED) is 0.821. The molecule has 144 valence electrons. The fourth-order valence-corrected chi connectivity index (χ4v) is 5.11. The van der Waals surface area contributed by atoms with Gasteiger partial charge in [-0.2, -0.15) is 0 Å². The van der Waals surface area contributed by atoms with Gasteiger partial charge < -0.3 is 10.6 Å². The van der Waals surface area contributed by atoms with Gasteiger partial charge in [-0.15, -0.1) is 0 Å². The molecule has 0 unspecified atom stereocenters. The summed E-state index contributed by atoms with van der Waals surface area (Å²) in [6, 6.07) is 12.3. The van der Waals surface area contributed by atoms with Crippen molar-refractivity contribution < 1.29 is 17.6 Å². The third-order valence-electron chi connectivity index (χ3n) is 5.07. The molecule has 0 aromatic heterocycles. The lowest BCUT2D eigenvalue weighted by atomic mass is 10.1. The first-order chi connectivity index (χ1) is 12.9. The Balaban J connectivity index is 1.56. The van der Waals surface area contributed by atoms with Gasteiger partial charge in [0, 0.05) is 12.1 Å². The second kappa shape index (κ2) is 8.19. The van der Waals surface area contributed by atoms with Crippen molar-refractivity contribution in [2.24, 2.45) is 5.73 Å². The summed E-state index contributed by atoms with van der Waals surface area (Å²) in [6.45, 7) is 2.25. The van der Waals surface area contributed by atoms with Gasteiger partial charge in [-0.05, 0) is 74.3 Å². The number of hydrogen-bond acceptors (Lipinski definition) is 4. The molecule has 1 fully saturated rings. The molecular formula is C20H23FN2O3S. The number of nitrogens with two attached hydrogens (primary N) is 1. The number of primary amides is 1. The lowest BCUT2D eigenvalue weighted by molar-refractivity contribution is 0.1000. The third kappa shape index (κ3) is 4.73. The van der Waals surface area contributed by atoms with Gasteiger partial charge in [0.2, 0.25) is 5.91 Å². The van der Waals surface area contributed by atoms with Gasteiger partial charge in [-0.1, -0.05) is 12.1 Å². The van der Waals surface area contributed by atoms with E-state index in [0.29, 0.717) is 31.5 Å². The summed E-state index contributed by atoms with van der Waals surface area (Å²) in [5, 5.41) is -0.418. The third-order valence-corrected chi connectivity index (χ3v) is 7.35. The molecule has 1 amide bonds. The van der Waals surface area contributed by atoms with Crippen molar-refractivity contribution in [3.8, 4) is 0 Å². The zero-order valence-corrected chi connectivity index (χ0v) is 15.8. The Morgan fingerprint density at radius 2 is 1.63 bits per heavy atom. The molecule has 2 aromatic carbocycles. The van der Waals surface area contributed by atoms with Gasteiger partial charge in [0.15, 0.2) is 9.84 Å². The number of likely N-dealkylation sites (tertiary alicyclic amines) is 1. The van der Waals surface area contributed by atoms with Gasteiger partial charge in [-0.3, -0.25) is 4.79 Å². The minimum Gasteiger partial charge on any atom is -0.366 e. The smallest absolute Gasteiger partial charge is 0.248 e. The number of benzene rings is 2. The molecule has 7 heteroatoms. The number of rotatable bonds is 6. The fraction of sp³-hybridized carbons (Fsp3) is 0.350. The topological polar surface area (TPSA) is 80.5 Å². The van der Waals surface area contributed by atoms with Crippen molar-refractivity contribution >= 4 is 15.7 Å². The summed E-state index contributed by atoms with van der Waals surface area (Å²) in [4.78, 5) is 13.6. The Morgan fingerprint density at radius 3 is 2.19 bits per heavy atom. The SMILES string of the molecule is NC(=O)c1ccc(S(=O)(=O)C2CCN(CCc3ccc(F)cc3)CC2)cc1. The first-order valence-electron chi connectivity index (χ1n) is 8.97. The second-order valence-corrected chi connectivity index (χ2v) is 9.08. The normalized spacial score (nSPS) is 16.3. The van der Waals surface area contributed by atoms with Crippen molar-refractivity contribution in [2.45, 2.75) is 29.4 Å². The summed E-state index contributed by atoms with van der Waals surface area (Å²) in [7, 11) is -3.42. The first-order valence-corrected chi connectivity index (χ1v) is 10.5. The maximum atomic E-state index is 12.9. The molecule has 0 spiro atoms. The van der Waals surface area contributed by atoms with Crippen LogP contribution in [0.15, 0.2) is 53.4 Å². The van der Waals surface area contributed by atoms with Crippen LogP contribution in [-0.4, -0.2) is 44.1 Å². The number of amides is 1. The first kappa shape index (κ1) is 19.5. The molecule has 0 bridgehead atoms. The molecular weight excluding hydrogens is 367 g/mol. The number of halogens is 1. The van der Waals surface area contributed by atoms with Crippen LogP contribution in [-0.2, 0) is 16.3 Å². The maximum absolute atomic E-state index is 12.9. The number of hydrogen-bond donors (Lipinski definition) is 1. The minimum atomic E-state index is -3.42. The summed E-state index contributed by atoms with van der Waals surface area (Å²) in [6.07, 6.45) is 1.96. The van der Waals surface area contributed by atoms with E-state index in [4.69, 9.17) is 5.73 Å². The van der Waals surface area contributed by atoms with Gasteiger partial charge >= 0.3 is 0 Å². The molecule has 0 atom stereocenters. The molecule has 0 saturated carbocycles. The highest BCUT2D eigenvalue weighted by Crippen LogP contribution is 2.25. The van der Waals surface area contributed by atoms with Gasteiger partial charge in [0.1, 0.15) is 5.82 Å². The van der Waals surface area contributed by atoms with Gasteiger partial charge in [0.25, 0.3) is 0 Å². The second-order valence-electron chi connectivity index (χ2n) is 6.85. The van der Waals surface area contributed by atoms with Crippen LogP contribution in [0.1, 0.15) is 28.8 Å². The lowest BCUT2D eigenvalue weighted by Gasteiger charge is -2.31. The van der Waals surface area contributed by atoms with Crippen molar-refractivity contribution in [1.29, 1.82) is 0 Å². The molecule has 2 N–H and O–H groups in total. The van der Waals surface area contributed by atoms with Gasteiger partial charge in [-0.25, -0.2) is 12.8 Å². The highest BCUT2D eigenvalue weighted by molar-refractivity contribution is 7.92. The Morgan fingerprint density at radius 1 is 1.04 bits per heavy atom. The van der Waals surface area contributed by atoms with Crippen LogP contribution >= 0.6 is 0 Å². The van der Waals surface area contributed by atoms with Crippen LogP contribution < -0.4 is 5.73 Å². The van der Waals surface area contributed by atoms with E-state index in [-0.39, 0.29) is 10.7 Å². The molecule has 0 radical (unpaired) electrons. The zero-order chi connectivity index (χ0) is 19.4. The maximum Gasteiger partial charge on any atom is 0.248 e. The van der Waals surface area contributed by atoms with Crippen LogP contribution in [0.5, 0.6) is 0 Å². The fourth-order valence-electron chi connectivity index (χ4n) is 3.38. The van der Waals surface area contributed by atoms with E-state index >= 15 is 0 Å². The van der Waals surface area contributed by atoms with Crippen LogP contribution in [0.25, 0.3) is 0 Å². The summed E-state index contributed by atoms with van der Waals surface area (Å²) in [5.74, 6) is -0.818. The van der Waals surface area contributed by atoms with E-state index in [1.807, 2.05) is 0 Å². The summed E-state index contributed by atoms with van der Waals surface area (Å²) >= 11 is 0. The van der Waals surface area contributed by atoms with E-state index in [1.165, 1.54) is 36.4 Å². The van der Waals surface area contributed by atoms with E-state index in [1.54, 1.807) is 12.1 Å². The molecule has 0 aliphatic carbocycles. The molecule has 5 nitrogen and oxygen atoms in total. The van der Waals surface area contributed by atoms with E-state index in [0.717, 1.165) is 18.5 Å². The van der Waals surface area contributed by atoms with E-state index in [2.05, 4.69) is 4.90 Å². The molecule has 1 heterocycles. The average molecular weight is 390 g/mol. The van der Waals surface area contributed by atoms with Gasteiger partial charge in [0.05, 0.1) is 10.1 Å². The van der Waals surface area contributed by atoms with Crippen molar-refractivity contribution in [3.63, 3.8) is 0 Å². The van der Waals surface area contributed by atoms with Crippen LogP contribution in [0.4, 0.5) is 4.39 Å². The number of nitrogens with zero attached hydrogens (tertiary/aromatic N) is 1. The van der Waals surface area contributed by atoms with Crippen molar-refractivity contribution in [3.05, 3.63) is 65.5 Å². The number of carbonyl (C=O) groups excluding carboxylic acids is 1. The van der Waals surface area contributed by atoms with Crippen LogP contribution in [0.3, 0.4) is 0 Å². The number of sulfone groups is 1. The average Bonchev–Trinajstić information content (AvgIpc) is 2.68. The highest BCUT2D eigenvalue weighted by Gasteiger charge is 2.31. The zero-order valence-electron chi connectivity index (χ0n) is 15.0. The van der Waals surface area contributed by atoms with Crippen molar-refractivity contribution in [2.75, 3.05) is 19.6 Å². The monoisotopic (exact) mass is 390 g/mol. The van der Waals surface area contributed by atoms with Crippen LogP contribution in [0, 0.1) is 5.82 Å². The van der Waals surface area contributed by atoms with E-state index in [9.17, 15) is 17.6 Å². The Labute approximate surface area is 158 Å². The largest absolute Gasteiger partial charge is 0.366 e. The molecule has 1 aliphatic rings. The minimum absolute atomic E-state index is 0.234. The standard InChI is InChI=1S/C20H23FN2O3S/c21-17-5-1-15(2-6-17)9-12-23-13-10-19(11-14-23)27(25,26)18-7-3-16(4-8-18)20(22)24/h1-8,19H,9-14H2,(H2,22,24). The van der Waals surface area contributed by atoms with E-state index < -0.39 is 21.0 Å². The molecule has 27 heavy (non-hydrogen) atoms. The molecule has 2 aromatic rings. The molecule has 1 saturated heterocycles. The van der Waals surface area contributed by atoms with Crippen molar-refractivity contribution in [1.82, 2.24) is 4.90 Å². The van der Waals surface area contributed by atoms with Crippen LogP contribution in [0.2, 0.25) is 0 Å². The summed E-state index contributed by atoms with van der Waals surface area (Å²) < 4.78 is 38.6.